The molecule has 0 spiro atoms. The number of likely N-dealkylation sites (tertiary alicyclic amines) is 1. The first-order valence-electron chi connectivity index (χ1n) is 12.3. The molecule has 0 unspecified atom stereocenters. The molecule has 0 aliphatic carbocycles. The highest BCUT2D eigenvalue weighted by atomic mass is 35.5. The number of aromatic hydroxyl groups is 1. The van der Waals surface area contributed by atoms with Crippen LogP contribution in [-0.4, -0.2) is 46.4 Å². The van der Waals surface area contributed by atoms with E-state index in [1.165, 1.54) is 24.5 Å². The molecule has 0 saturated carbocycles. The molecule has 1 fully saturated rings. The number of carbonyl (C=O) groups is 2. The van der Waals surface area contributed by atoms with Crippen molar-refractivity contribution in [2.24, 2.45) is 0 Å². The van der Waals surface area contributed by atoms with Crippen LogP contribution in [0.1, 0.15) is 29.0 Å². The van der Waals surface area contributed by atoms with Gasteiger partial charge in [0.15, 0.2) is 11.6 Å². The van der Waals surface area contributed by atoms with E-state index in [-0.39, 0.29) is 52.5 Å². The van der Waals surface area contributed by atoms with Crippen molar-refractivity contribution in [3.8, 4) is 34.2 Å². The monoisotopic (exact) mass is 561 g/mol. The van der Waals surface area contributed by atoms with Crippen molar-refractivity contribution in [2.45, 2.75) is 12.8 Å². The Bertz CT molecular complexity index is 1580. The number of aromatic nitrogens is 1. The molecule has 0 bridgehead atoms. The maximum absolute atomic E-state index is 13.7. The fourth-order valence-electron chi connectivity index (χ4n) is 4.52. The number of phenolic OH excluding ortho intramolecular Hbond substituents is 1. The van der Waals surface area contributed by atoms with Crippen LogP contribution in [0.4, 0.5) is 15.9 Å². The Kier molecular flexibility index (Phi) is 8.79. The zero-order valence-corrected chi connectivity index (χ0v) is 22.0. The van der Waals surface area contributed by atoms with Crippen LogP contribution in [0, 0.1) is 17.1 Å². The van der Waals surface area contributed by atoms with E-state index in [4.69, 9.17) is 4.42 Å². The van der Waals surface area contributed by atoms with E-state index in [1.54, 1.807) is 36.4 Å². The lowest BCUT2D eigenvalue weighted by Gasteiger charge is -2.16. The van der Waals surface area contributed by atoms with Crippen molar-refractivity contribution in [3.63, 3.8) is 0 Å². The zero-order chi connectivity index (χ0) is 27.4. The number of nitrogens with zero attached hydrogens (tertiary/aromatic N) is 3. The summed E-state index contributed by atoms with van der Waals surface area (Å²) in [5.41, 5.74) is 1.93. The van der Waals surface area contributed by atoms with Crippen molar-refractivity contribution in [3.05, 3.63) is 84.1 Å². The molecule has 2 aromatic heterocycles. The molecule has 3 heterocycles. The smallest absolute Gasteiger partial charge is 0.292 e. The molecule has 204 valence electrons. The van der Waals surface area contributed by atoms with Crippen LogP contribution in [0.15, 0.2) is 71.3 Å². The van der Waals surface area contributed by atoms with Gasteiger partial charge in [0.05, 0.1) is 18.5 Å². The number of benzene rings is 2. The summed E-state index contributed by atoms with van der Waals surface area (Å²) in [6.45, 7) is 2.07. The molecule has 11 heteroatoms. The number of hydrogen-bond acceptors (Lipinski definition) is 7. The first-order chi connectivity index (χ1) is 18.9. The fraction of sp³-hybridized carbons (Fsp3) is 0.172. The molecular weight excluding hydrogens is 537 g/mol. The predicted molar refractivity (Wildman–Crippen MR) is 150 cm³/mol. The second-order valence-corrected chi connectivity index (χ2v) is 9.10. The van der Waals surface area contributed by atoms with Crippen molar-refractivity contribution in [2.75, 3.05) is 30.3 Å². The highest BCUT2D eigenvalue weighted by Crippen LogP contribution is 2.36. The van der Waals surface area contributed by atoms with Gasteiger partial charge in [0.1, 0.15) is 23.2 Å². The Hall–Kier alpha value is -4.72. The highest BCUT2D eigenvalue weighted by Gasteiger charge is 2.21. The average molecular weight is 562 g/mol. The molecule has 3 N–H and O–H groups in total. The number of rotatable bonds is 7. The van der Waals surface area contributed by atoms with Gasteiger partial charge in [-0.05, 0) is 74.0 Å². The summed E-state index contributed by atoms with van der Waals surface area (Å²) in [4.78, 5) is 31.9. The fourth-order valence-corrected chi connectivity index (χ4v) is 4.52. The third-order valence-electron chi connectivity index (χ3n) is 6.37. The van der Waals surface area contributed by atoms with Gasteiger partial charge in [-0.3, -0.25) is 14.5 Å². The van der Waals surface area contributed by atoms with Crippen molar-refractivity contribution < 1.29 is 23.5 Å². The van der Waals surface area contributed by atoms with Gasteiger partial charge in [0.2, 0.25) is 5.91 Å². The summed E-state index contributed by atoms with van der Waals surface area (Å²) in [5.74, 6) is -1.82. The first-order valence-corrected chi connectivity index (χ1v) is 12.3. The summed E-state index contributed by atoms with van der Waals surface area (Å²) < 4.78 is 18.8. The Balaban J connectivity index is 0.00000370. The number of nitriles is 1. The lowest BCUT2D eigenvalue weighted by Crippen LogP contribution is -2.30. The van der Waals surface area contributed by atoms with Crippen LogP contribution in [0.2, 0.25) is 0 Å². The lowest BCUT2D eigenvalue weighted by atomic mass is 9.97. The summed E-state index contributed by atoms with van der Waals surface area (Å²) >= 11 is 0. The Morgan fingerprint density at radius 3 is 2.55 bits per heavy atom. The normalized spacial score (nSPS) is 12.8. The van der Waals surface area contributed by atoms with E-state index in [0.29, 0.717) is 23.4 Å². The van der Waals surface area contributed by atoms with Gasteiger partial charge in [-0.25, -0.2) is 9.37 Å². The summed E-state index contributed by atoms with van der Waals surface area (Å²) in [7, 11) is 0. The Morgan fingerprint density at radius 2 is 1.85 bits per heavy atom. The van der Waals surface area contributed by atoms with E-state index >= 15 is 0 Å². The SMILES string of the molecule is Cl.N#Cc1c(-c2cccc(NC(=O)CN3CCCC3)c2)cc(-c2ccc(F)cc2O)nc1NC(=O)c1ccco1. The van der Waals surface area contributed by atoms with Gasteiger partial charge in [-0.1, -0.05) is 12.1 Å². The highest BCUT2D eigenvalue weighted by molar-refractivity contribution is 6.03. The van der Waals surface area contributed by atoms with Gasteiger partial charge in [0.25, 0.3) is 5.91 Å². The third kappa shape index (κ3) is 6.29. The van der Waals surface area contributed by atoms with Crippen LogP contribution < -0.4 is 10.6 Å². The topological polar surface area (TPSA) is 131 Å². The quantitative estimate of drug-likeness (QED) is 0.274. The van der Waals surface area contributed by atoms with E-state index < -0.39 is 11.7 Å². The number of anilines is 2. The second kappa shape index (κ2) is 12.4. The van der Waals surface area contributed by atoms with Gasteiger partial charge in [-0.15, -0.1) is 12.4 Å². The summed E-state index contributed by atoms with van der Waals surface area (Å²) in [5, 5.41) is 26.0. The van der Waals surface area contributed by atoms with Crippen LogP contribution in [-0.2, 0) is 4.79 Å². The van der Waals surface area contributed by atoms with Crippen molar-refractivity contribution in [1.29, 1.82) is 5.26 Å². The molecular formula is C29H25ClFN5O4. The second-order valence-electron chi connectivity index (χ2n) is 9.10. The van der Waals surface area contributed by atoms with E-state index in [9.17, 15) is 24.3 Å². The zero-order valence-electron chi connectivity index (χ0n) is 21.2. The summed E-state index contributed by atoms with van der Waals surface area (Å²) in [6.07, 6.45) is 3.49. The van der Waals surface area contributed by atoms with Gasteiger partial charge < -0.3 is 20.2 Å². The minimum Gasteiger partial charge on any atom is -0.507 e. The molecule has 40 heavy (non-hydrogen) atoms. The van der Waals surface area contributed by atoms with Crippen LogP contribution >= 0.6 is 12.4 Å². The van der Waals surface area contributed by atoms with Crippen LogP contribution in [0.3, 0.4) is 0 Å². The maximum atomic E-state index is 13.7. The largest absolute Gasteiger partial charge is 0.507 e. The molecule has 9 nitrogen and oxygen atoms in total. The number of hydrogen-bond donors (Lipinski definition) is 3. The van der Waals surface area contributed by atoms with E-state index in [1.807, 2.05) is 0 Å². The number of phenols is 1. The van der Waals surface area contributed by atoms with E-state index in [0.717, 1.165) is 32.0 Å². The van der Waals surface area contributed by atoms with Crippen molar-refractivity contribution >= 4 is 35.7 Å². The van der Waals surface area contributed by atoms with Crippen LogP contribution in [0.25, 0.3) is 22.4 Å². The minimum atomic E-state index is -0.631. The molecule has 0 radical (unpaired) electrons. The number of furan rings is 1. The average Bonchev–Trinajstić information content (AvgIpc) is 3.63. The third-order valence-corrected chi connectivity index (χ3v) is 6.37. The molecule has 4 aromatic rings. The van der Waals surface area contributed by atoms with Gasteiger partial charge >= 0.3 is 0 Å². The molecule has 1 aliphatic rings. The Morgan fingerprint density at radius 1 is 1.05 bits per heavy atom. The minimum absolute atomic E-state index is 0. The number of nitrogens with one attached hydrogen (secondary N) is 2. The Labute approximate surface area is 235 Å². The van der Waals surface area contributed by atoms with Gasteiger partial charge in [0, 0.05) is 22.9 Å². The maximum Gasteiger partial charge on any atom is 0.292 e. The number of amides is 2. The molecule has 0 atom stereocenters. The molecule has 2 amide bonds. The molecule has 5 rings (SSSR count). The number of halogens is 2. The summed E-state index contributed by atoms with van der Waals surface area (Å²) in [6, 6.07) is 17.1. The van der Waals surface area contributed by atoms with Crippen molar-refractivity contribution in [1.82, 2.24) is 9.88 Å². The predicted octanol–water partition coefficient (Wildman–Crippen LogP) is 5.43. The molecule has 1 saturated heterocycles. The lowest BCUT2D eigenvalue weighted by molar-refractivity contribution is -0.117. The molecule has 2 aromatic carbocycles. The van der Waals surface area contributed by atoms with E-state index in [2.05, 4.69) is 26.6 Å². The van der Waals surface area contributed by atoms with Gasteiger partial charge in [-0.2, -0.15) is 5.26 Å². The molecule has 1 aliphatic heterocycles. The number of carbonyl (C=O) groups excluding carboxylic acids is 2. The van der Waals surface area contributed by atoms with Crippen LogP contribution in [0.5, 0.6) is 5.75 Å². The first kappa shape index (κ1) is 28.3. The standard InChI is InChI=1S/C29H24FN5O4.ClH/c30-19-8-9-21(25(36)14-19)24-15-22(23(16-31)28(33-24)34-29(38)26-7-4-12-39-26)18-5-3-6-20(13-18)32-27(37)17-35-10-1-2-11-35;/h3-9,12-15,36H,1-2,10-11,17H2,(H,32,37)(H,33,34,38);1H. The number of pyridine rings is 1.